The molecule has 5 nitrogen and oxygen atoms in total. The first kappa shape index (κ1) is 16.0. The van der Waals surface area contributed by atoms with Crippen LogP contribution in [0, 0.1) is 0 Å². The van der Waals surface area contributed by atoms with Crippen molar-refractivity contribution in [3.8, 4) is 5.75 Å². The van der Waals surface area contributed by atoms with E-state index < -0.39 is 0 Å². The van der Waals surface area contributed by atoms with Gasteiger partial charge in [-0.2, -0.15) is 0 Å². The average Bonchev–Trinajstić information content (AvgIpc) is 3.05. The number of hydrogen-bond acceptors (Lipinski definition) is 4. The van der Waals surface area contributed by atoms with E-state index in [0.29, 0.717) is 18.7 Å². The minimum absolute atomic E-state index is 0.257. The topological polar surface area (TPSA) is 63.5 Å². The molecule has 0 bridgehead atoms. The Bertz CT molecular complexity index is 609. The van der Waals surface area contributed by atoms with Crippen LogP contribution in [-0.2, 0) is 6.54 Å². The Kier molecular flexibility index (Phi) is 5.97. The van der Waals surface area contributed by atoms with Crippen LogP contribution in [0.15, 0.2) is 47.1 Å². The van der Waals surface area contributed by atoms with Gasteiger partial charge in [0.15, 0.2) is 5.11 Å². The van der Waals surface area contributed by atoms with E-state index in [1.54, 1.807) is 36.6 Å². The summed E-state index contributed by atoms with van der Waals surface area (Å²) in [7, 11) is 0. The van der Waals surface area contributed by atoms with Gasteiger partial charge >= 0.3 is 0 Å². The van der Waals surface area contributed by atoms with Gasteiger partial charge in [-0.25, -0.2) is 0 Å². The molecular weight excluding hydrogens is 300 g/mol. The average molecular weight is 318 g/mol. The lowest BCUT2D eigenvalue weighted by Crippen LogP contribution is -2.38. The van der Waals surface area contributed by atoms with Crippen LogP contribution >= 0.6 is 12.2 Å². The summed E-state index contributed by atoms with van der Waals surface area (Å²) < 4.78 is 10.6. The number of nitrogens with one attached hydrogen (secondary N) is 2. The van der Waals surface area contributed by atoms with Gasteiger partial charge in [0.05, 0.1) is 19.4 Å². The Labute approximate surface area is 134 Å². The number of carbonyl (C=O) groups excluding carboxylic acids is 1. The van der Waals surface area contributed by atoms with E-state index in [1.807, 2.05) is 13.0 Å². The van der Waals surface area contributed by atoms with Gasteiger partial charge in [0.1, 0.15) is 11.5 Å². The smallest absolute Gasteiger partial charge is 0.257 e. The summed E-state index contributed by atoms with van der Waals surface area (Å²) in [4.78, 5) is 12.0. The van der Waals surface area contributed by atoms with Crippen LogP contribution in [0.2, 0.25) is 0 Å². The number of furan rings is 1. The molecule has 6 heteroatoms. The van der Waals surface area contributed by atoms with E-state index in [-0.39, 0.29) is 11.0 Å². The van der Waals surface area contributed by atoms with E-state index in [9.17, 15) is 4.79 Å². The largest absolute Gasteiger partial charge is 0.494 e. The molecule has 0 aliphatic carbocycles. The molecule has 0 aliphatic rings. The number of ether oxygens (including phenoxy) is 1. The van der Waals surface area contributed by atoms with Crippen LogP contribution in [0.25, 0.3) is 0 Å². The fraction of sp³-hybridized carbons (Fsp3) is 0.250. The number of benzene rings is 1. The summed E-state index contributed by atoms with van der Waals surface area (Å²) in [6, 6.07) is 10.6. The molecule has 0 fully saturated rings. The van der Waals surface area contributed by atoms with Crippen molar-refractivity contribution < 1.29 is 13.9 Å². The van der Waals surface area contributed by atoms with Gasteiger partial charge in [0, 0.05) is 5.56 Å². The van der Waals surface area contributed by atoms with Crippen molar-refractivity contribution in [3.63, 3.8) is 0 Å². The predicted octanol–water partition coefficient (Wildman–Crippen LogP) is 2.87. The Morgan fingerprint density at radius 1 is 1.27 bits per heavy atom. The number of carbonyl (C=O) groups is 1. The highest BCUT2D eigenvalue weighted by Gasteiger charge is 2.08. The van der Waals surface area contributed by atoms with Gasteiger partial charge in [-0.3, -0.25) is 10.1 Å². The maximum Gasteiger partial charge on any atom is 0.257 e. The summed E-state index contributed by atoms with van der Waals surface area (Å²) >= 11 is 5.08. The van der Waals surface area contributed by atoms with Crippen LogP contribution < -0.4 is 15.4 Å². The summed E-state index contributed by atoms with van der Waals surface area (Å²) in [6.45, 7) is 3.13. The lowest BCUT2D eigenvalue weighted by molar-refractivity contribution is 0.0976. The zero-order chi connectivity index (χ0) is 15.8. The highest BCUT2D eigenvalue weighted by atomic mass is 32.1. The molecule has 0 saturated heterocycles. The minimum Gasteiger partial charge on any atom is -0.494 e. The third-order valence-electron chi connectivity index (χ3n) is 2.82. The quantitative estimate of drug-likeness (QED) is 0.802. The molecular formula is C16H18N2O3S. The SMILES string of the molecule is CCCOc1ccc(C(=O)NC(=S)NCc2ccco2)cc1. The van der Waals surface area contributed by atoms with Crippen molar-refractivity contribution in [3.05, 3.63) is 54.0 Å². The predicted molar refractivity (Wildman–Crippen MR) is 87.8 cm³/mol. The van der Waals surface area contributed by atoms with Crippen molar-refractivity contribution in [1.82, 2.24) is 10.6 Å². The van der Waals surface area contributed by atoms with Crippen molar-refractivity contribution in [2.24, 2.45) is 0 Å². The molecule has 22 heavy (non-hydrogen) atoms. The summed E-state index contributed by atoms with van der Waals surface area (Å²) in [5.74, 6) is 1.23. The van der Waals surface area contributed by atoms with Crippen LogP contribution in [-0.4, -0.2) is 17.6 Å². The van der Waals surface area contributed by atoms with Gasteiger partial charge < -0.3 is 14.5 Å². The van der Waals surface area contributed by atoms with Crippen LogP contribution in [0.3, 0.4) is 0 Å². The molecule has 116 valence electrons. The van der Waals surface area contributed by atoms with Gasteiger partial charge in [-0.15, -0.1) is 0 Å². The maximum atomic E-state index is 12.0. The molecule has 0 radical (unpaired) electrons. The van der Waals surface area contributed by atoms with E-state index in [4.69, 9.17) is 21.4 Å². The molecule has 0 unspecified atom stereocenters. The number of rotatable bonds is 6. The zero-order valence-electron chi connectivity index (χ0n) is 12.3. The molecule has 1 aromatic carbocycles. The van der Waals surface area contributed by atoms with E-state index >= 15 is 0 Å². The molecule has 0 atom stereocenters. The second-order valence-corrected chi connectivity index (χ2v) is 5.00. The van der Waals surface area contributed by atoms with Crippen molar-refractivity contribution in [1.29, 1.82) is 0 Å². The standard InChI is InChI=1S/C16H18N2O3S/c1-2-9-20-13-7-5-12(6-8-13)15(19)18-16(22)17-11-14-4-3-10-21-14/h3-8,10H,2,9,11H2,1H3,(H2,17,18,19,22). The summed E-state index contributed by atoms with van der Waals surface area (Å²) in [5.41, 5.74) is 0.519. The highest BCUT2D eigenvalue weighted by molar-refractivity contribution is 7.80. The first-order chi connectivity index (χ1) is 10.7. The van der Waals surface area contributed by atoms with Gasteiger partial charge in [0.2, 0.25) is 0 Å². The van der Waals surface area contributed by atoms with Crippen LogP contribution in [0.4, 0.5) is 0 Å². The molecule has 0 aliphatic heterocycles. The molecule has 1 aromatic heterocycles. The van der Waals surface area contributed by atoms with Gasteiger partial charge in [-0.1, -0.05) is 6.92 Å². The molecule has 2 N–H and O–H groups in total. The first-order valence-electron chi connectivity index (χ1n) is 7.03. The van der Waals surface area contributed by atoms with Crippen LogP contribution in [0.5, 0.6) is 5.75 Å². The molecule has 0 spiro atoms. The fourth-order valence-corrected chi connectivity index (χ4v) is 1.89. The van der Waals surface area contributed by atoms with E-state index in [1.165, 1.54) is 0 Å². The van der Waals surface area contributed by atoms with Gasteiger partial charge in [-0.05, 0) is 55.0 Å². The third-order valence-corrected chi connectivity index (χ3v) is 3.07. The van der Waals surface area contributed by atoms with Gasteiger partial charge in [0.25, 0.3) is 5.91 Å². The Hall–Kier alpha value is -2.34. The first-order valence-corrected chi connectivity index (χ1v) is 7.44. The second-order valence-electron chi connectivity index (χ2n) is 4.59. The van der Waals surface area contributed by atoms with E-state index in [0.717, 1.165) is 17.9 Å². The molecule has 1 heterocycles. The maximum absolute atomic E-state index is 12.0. The molecule has 1 amide bonds. The van der Waals surface area contributed by atoms with Crippen molar-refractivity contribution in [2.75, 3.05) is 6.61 Å². The van der Waals surface area contributed by atoms with Crippen molar-refractivity contribution >= 4 is 23.2 Å². The Morgan fingerprint density at radius 3 is 2.68 bits per heavy atom. The second kappa shape index (κ2) is 8.19. The van der Waals surface area contributed by atoms with Crippen molar-refractivity contribution in [2.45, 2.75) is 19.9 Å². The third kappa shape index (κ3) is 4.89. The number of thiocarbonyl (C=S) groups is 1. The Balaban J connectivity index is 1.81. The normalized spacial score (nSPS) is 10.0. The monoisotopic (exact) mass is 318 g/mol. The number of amides is 1. The highest BCUT2D eigenvalue weighted by Crippen LogP contribution is 2.12. The Morgan fingerprint density at radius 2 is 2.05 bits per heavy atom. The lowest BCUT2D eigenvalue weighted by atomic mass is 10.2. The van der Waals surface area contributed by atoms with Crippen LogP contribution in [0.1, 0.15) is 29.5 Å². The summed E-state index contributed by atoms with van der Waals surface area (Å²) in [6.07, 6.45) is 2.53. The summed E-state index contributed by atoms with van der Waals surface area (Å²) in [5, 5.41) is 5.78. The number of hydrogen-bond donors (Lipinski definition) is 2. The lowest BCUT2D eigenvalue weighted by Gasteiger charge is -2.09. The zero-order valence-corrected chi connectivity index (χ0v) is 13.1. The minimum atomic E-state index is -0.265. The molecule has 2 aromatic rings. The van der Waals surface area contributed by atoms with E-state index in [2.05, 4.69) is 10.6 Å². The fourth-order valence-electron chi connectivity index (χ4n) is 1.72. The molecule has 0 saturated carbocycles. The molecule has 2 rings (SSSR count).